The number of nitrogens with zero attached hydrogens (tertiary/aromatic N) is 1. The summed E-state index contributed by atoms with van der Waals surface area (Å²) < 4.78 is 1.05. The summed E-state index contributed by atoms with van der Waals surface area (Å²) >= 11 is 3.47. The minimum Gasteiger partial charge on any atom is -0.359 e. The number of ketones is 1. The van der Waals surface area contributed by atoms with Gasteiger partial charge in [-0.05, 0) is 38.5 Å². The van der Waals surface area contributed by atoms with Crippen LogP contribution in [0.2, 0.25) is 0 Å². The summed E-state index contributed by atoms with van der Waals surface area (Å²) in [7, 11) is 0. The lowest BCUT2D eigenvalue weighted by atomic mass is 9.89. The Morgan fingerprint density at radius 2 is 2.12 bits per heavy atom. The van der Waals surface area contributed by atoms with Crippen molar-refractivity contribution < 1.29 is 4.79 Å². The number of halogens is 1. The first kappa shape index (κ1) is 11.6. The normalized spacial score (nSPS) is 19.9. The van der Waals surface area contributed by atoms with Gasteiger partial charge in [0.25, 0.3) is 0 Å². The van der Waals surface area contributed by atoms with Gasteiger partial charge in [-0.25, -0.2) is 0 Å². The van der Waals surface area contributed by atoms with Crippen molar-refractivity contribution in [1.29, 1.82) is 0 Å². The van der Waals surface area contributed by atoms with Crippen molar-refractivity contribution in [3.63, 3.8) is 0 Å². The zero-order valence-electron chi connectivity index (χ0n) is 9.66. The van der Waals surface area contributed by atoms with Crippen molar-refractivity contribution in [3.05, 3.63) is 28.7 Å². The van der Waals surface area contributed by atoms with Crippen molar-refractivity contribution in [2.24, 2.45) is 0 Å². The summed E-state index contributed by atoms with van der Waals surface area (Å²) in [6, 6.07) is 8.14. The largest absolute Gasteiger partial charge is 0.359 e. The summed E-state index contributed by atoms with van der Waals surface area (Å²) in [6.07, 6.45) is 1.63. The van der Waals surface area contributed by atoms with Crippen LogP contribution in [-0.4, -0.2) is 17.9 Å². The van der Waals surface area contributed by atoms with Crippen molar-refractivity contribution in [3.8, 4) is 0 Å². The molecule has 1 heterocycles. The fraction of sp³-hybridized carbons (Fsp3) is 0.462. The van der Waals surface area contributed by atoms with Crippen molar-refractivity contribution >= 4 is 27.4 Å². The Labute approximate surface area is 105 Å². The highest BCUT2D eigenvalue weighted by molar-refractivity contribution is 9.10. The third-order valence-corrected chi connectivity index (χ3v) is 3.69. The predicted octanol–water partition coefficient (Wildman–Crippen LogP) is 3.40. The van der Waals surface area contributed by atoms with Crippen molar-refractivity contribution in [2.75, 3.05) is 11.4 Å². The molecule has 0 aliphatic carbocycles. The fourth-order valence-corrected chi connectivity index (χ4v) is 2.52. The third kappa shape index (κ3) is 2.29. The van der Waals surface area contributed by atoms with Crippen molar-refractivity contribution in [2.45, 2.75) is 32.2 Å². The molecule has 1 aromatic carbocycles. The first-order valence-corrected chi connectivity index (χ1v) is 6.33. The van der Waals surface area contributed by atoms with Crippen LogP contribution >= 0.6 is 15.9 Å². The SMILES string of the molecule is CC1(C)CCC(=O)CN1c1cccc(Br)c1. The van der Waals surface area contributed by atoms with E-state index in [0.717, 1.165) is 16.6 Å². The van der Waals surface area contributed by atoms with Crippen LogP contribution in [0.5, 0.6) is 0 Å². The summed E-state index contributed by atoms with van der Waals surface area (Å²) in [6.45, 7) is 4.92. The molecule has 3 heteroatoms. The van der Waals surface area contributed by atoms with Crippen LogP contribution in [0.3, 0.4) is 0 Å². The van der Waals surface area contributed by atoms with Crippen LogP contribution in [0.15, 0.2) is 28.7 Å². The summed E-state index contributed by atoms with van der Waals surface area (Å²) in [5.74, 6) is 0.333. The molecule has 0 atom stereocenters. The maximum absolute atomic E-state index is 11.6. The second kappa shape index (κ2) is 4.21. The molecule has 1 aliphatic heterocycles. The lowest BCUT2D eigenvalue weighted by Crippen LogP contribution is -2.50. The van der Waals surface area contributed by atoms with Gasteiger partial charge in [-0.2, -0.15) is 0 Å². The molecule has 1 aromatic rings. The van der Waals surface area contributed by atoms with Crippen LogP contribution in [0.1, 0.15) is 26.7 Å². The molecule has 0 radical (unpaired) electrons. The number of hydrogen-bond donors (Lipinski definition) is 0. The summed E-state index contributed by atoms with van der Waals surface area (Å²) in [5, 5.41) is 0. The quantitative estimate of drug-likeness (QED) is 0.787. The van der Waals surface area contributed by atoms with Crippen LogP contribution in [0, 0.1) is 0 Å². The van der Waals surface area contributed by atoms with Gasteiger partial charge in [0.1, 0.15) is 0 Å². The second-order valence-corrected chi connectivity index (χ2v) is 5.83. The molecule has 1 saturated heterocycles. The lowest BCUT2D eigenvalue weighted by molar-refractivity contribution is -0.119. The van der Waals surface area contributed by atoms with Crippen LogP contribution in [0.25, 0.3) is 0 Å². The molecular formula is C13H16BrNO. The van der Waals surface area contributed by atoms with Gasteiger partial charge >= 0.3 is 0 Å². The third-order valence-electron chi connectivity index (χ3n) is 3.20. The Morgan fingerprint density at radius 3 is 2.81 bits per heavy atom. The number of rotatable bonds is 1. The summed E-state index contributed by atoms with van der Waals surface area (Å²) in [4.78, 5) is 13.8. The molecular weight excluding hydrogens is 266 g/mol. The summed E-state index contributed by atoms with van der Waals surface area (Å²) in [5.41, 5.74) is 1.18. The van der Waals surface area contributed by atoms with E-state index in [9.17, 15) is 4.79 Å². The lowest BCUT2D eigenvalue weighted by Gasteiger charge is -2.43. The predicted molar refractivity (Wildman–Crippen MR) is 69.8 cm³/mol. The molecule has 1 aliphatic rings. The number of carbonyl (C=O) groups is 1. The molecule has 86 valence electrons. The average molecular weight is 282 g/mol. The average Bonchev–Trinajstić information content (AvgIpc) is 2.22. The molecule has 0 N–H and O–H groups in total. The van der Waals surface area contributed by atoms with Gasteiger partial charge < -0.3 is 4.90 Å². The smallest absolute Gasteiger partial charge is 0.152 e. The minimum absolute atomic E-state index is 0.0642. The Balaban J connectivity index is 2.33. The van der Waals surface area contributed by atoms with Gasteiger partial charge in [-0.1, -0.05) is 22.0 Å². The molecule has 0 aromatic heterocycles. The number of Topliss-reactive ketones (excluding diaryl/α,β-unsaturated/α-hetero) is 1. The van der Waals surface area contributed by atoms with E-state index < -0.39 is 0 Å². The Hall–Kier alpha value is -0.830. The minimum atomic E-state index is 0.0642. The Bertz CT molecular complexity index is 414. The van der Waals surface area contributed by atoms with Crippen molar-refractivity contribution in [1.82, 2.24) is 0 Å². The molecule has 1 fully saturated rings. The highest BCUT2D eigenvalue weighted by Gasteiger charge is 2.33. The fourth-order valence-electron chi connectivity index (χ4n) is 2.13. The second-order valence-electron chi connectivity index (χ2n) is 4.92. The van der Waals surface area contributed by atoms with E-state index >= 15 is 0 Å². The highest BCUT2D eigenvalue weighted by atomic mass is 79.9. The first-order valence-electron chi connectivity index (χ1n) is 5.54. The molecule has 0 unspecified atom stereocenters. The Morgan fingerprint density at radius 1 is 1.38 bits per heavy atom. The molecule has 0 amide bonds. The molecule has 0 spiro atoms. The number of benzene rings is 1. The number of hydrogen-bond acceptors (Lipinski definition) is 2. The number of piperidine rings is 1. The van der Waals surface area contributed by atoms with Gasteiger partial charge in [0, 0.05) is 22.1 Å². The van der Waals surface area contributed by atoms with E-state index in [2.05, 4.69) is 46.8 Å². The monoisotopic (exact) mass is 281 g/mol. The van der Waals surface area contributed by atoms with Gasteiger partial charge in [-0.15, -0.1) is 0 Å². The van der Waals surface area contributed by atoms with E-state index in [4.69, 9.17) is 0 Å². The van der Waals surface area contributed by atoms with Crippen LogP contribution in [0.4, 0.5) is 5.69 Å². The van der Waals surface area contributed by atoms with E-state index in [1.807, 2.05) is 12.1 Å². The van der Waals surface area contributed by atoms with Gasteiger partial charge in [0.15, 0.2) is 5.78 Å². The van der Waals surface area contributed by atoms with E-state index in [1.54, 1.807) is 0 Å². The number of carbonyl (C=O) groups excluding carboxylic acids is 1. The standard InChI is InChI=1S/C13H16BrNO/c1-13(2)7-6-12(16)9-15(13)11-5-3-4-10(14)8-11/h3-5,8H,6-7,9H2,1-2H3. The zero-order chi connectivity index (χ0) is 11.8. The van der Waals surface area contributed by atoms with Gasteiger partial charge in [-0.3, -0.25) is 4.79 Å². The van der Waals surface area contributed by atoms with E-state index in [-0.39, 0.29) is 5.54 Å². The molecule has 2 nitrogen and oxygen atoms in total. The molecule has 2 rings (SSSR count). The van der Waals surface area contributed by atoms with Crippen LogP contribution in [-0.2, 0) is 4.79 Å². The molecule has 16 heavy (non-hydrogen) atoms. The Kier molecular flexibility index (Phi) is 3.06. The number of anilines is 1. The zero-order valence-corrected chi connectivity index (χ0v) is 11.3. The van der Waals surface area contributed by atoms with E-state index in [0.29, 0.717) is 18.7 Å². The van der Waals surface area contributed by atoms with E-state index in [1.165, 1.54) is 0 Å². The molecule has 0 saturated carbocycles. The maximum atomic E-state index is 11.6. The highest BCUT2D eigenvalue weighted by Crippen LogP contribution is 2.32. The molecule has 0 bridgehead atoms. The van der Waals surface area contributed by atoms with Gasteiger partial charge in [0.05, 0.1) is 6.54 Å². The van der Waals surface area contributed by atoms with Gasteiger partial charge in [0.2, 0.25) is 0 Å². The van der Waals surface area contributed by atoms with Crippen LogP contribution < -0.4 is 4.90 Å². The first-order chi connectivity index (χ1) is 7.49. The topological polar surface area (TPSA) is 20.3 Å². The maximum Gasteiger partial charge on any atom is 0.152 e.